The van der Waals surface area contributed by atoms with Crippen LogP contribution in [0.15, 0.2) is 30.3 Å². The molecule has 0 aliphatic rings. The molecule has 1 rings (SSSR count). The highest BCUT2D eigenvalue weighted by molar-refractivity contribution is 5.80. The number of rotatable bonds is 6. The van der Waals surface area contributed by atoms with Crippen molar-refractivity contribution in [2.75, 3.05) is 7.11 Å². The third kappa shape index (κ3) is 4.73. The number of esters is 1. The third-order valence-electron chi connectivity index (χ3n) is 3.14. The van der Waals surface area contributed by atoms with Gasteiger partial charge in [-0.1, -0.05) is 37.3 Å². The van der Waals surface area contributed by atoms with Crippen LogP contribution in [0.3, 0.4) is 0 Å². The normalized spacial score (nSPS) is 13.4. The molecule has 0 fully saturated rings. The Labute approximate surface area is 114 Å². The molecule has 0 saturated heterocycles. The van der Waals surface area contributed by atoms with Crippen molar-refractivity contribution in [1.29, 1.82) is 0 Å². The molecule has 0 spiro atoms. The zero-order valence-electron chi connectivity index (χ0n) is 11.7. The molecule has 2 atom stereocenters. The minimum atomic E-state index is -0.301. The molecule has 0 aliphatic heterocycles. The monoisotopic (exact) mass is 263 g/mol. The van der Waals surface area contributed by atoms with Gasteiger partial charge in [0.2, 0.25) is 5.91 Å². The highest BCUT2D eigenvalue weighted by Crippen LogP contribution is 2.11. The summed E-state index contributed by atoms with van der Waals surface area (Å²) in [5, 5.41) is 2.85. The van der Waals surface area contributed by atoms with E-state index in [0.29, 0.717) is 12.8 Å². The van der Waals surface area contributed by atoms with Gasteiger partial charge >= 0.3 is 5.97 Å². The van der Waals surface area contributed by atoms with Crippen molar-refractivity contribution in [3.8, 4) is 0 Å². The molecule has 0 heterocycles. The summed E-state index contributed by atoms with van der Waals surface area (Å²) >= 11 is 0. The average molecular weight is 263 g/mol. The van der Waals surface area contributed by atoms with E-state index in [0.717, 1.165) is 5.56 Å². The topological polar surface area (TPSA) is 55.4 Å². The van der Waals surface area contributed by atoms with Crippen molar-refractivity contribution in [3.63, 3.8) is 0 Å². The first kappa shape index (κ1) is 15.2. The Balaban J connectivity index is 2.54. The number of hydrogen-bond acceptors (Lipinski definition) is 3. The maximum atomic E-state index is 11.9. The van der Waals surface area contributed by atoms with Gasteiger partial charge in [0.05, 0.1) is 19.4 Å². The van der Waals surface area contributed by atoms with Gasteiger partial charge in [0.15, 0.2) is 0 Å². The fourth-order valence-corrected chi connectivity index (χ4v) is 2.06. The molecule has 1 aromatic rings. The van der Waals surface area contributed by atoms with Crippen LogP contribution in [-0.2, 0) is 20.7 Å². The first-order valence-electron chi connectivity index (χ1n) is 6.49. The first-order chi connectivity index (χ1) is 9.08. The number of amides is 1. The van der Waals surface area contributed by atoms with Gasteiger partial charge < -0.3 is 10.1 Å². The second-order valence-electron chi connectivity index (χ2n) is 4.56. The lowest BCUT2D eigenvalue weighted by Crippen LogP contribution is -2.42. The van der Waals surface area contributed by atoms with E-state index < -0.39 is 0 Å². The molecule has 4 heteroatoms. The largest absolute Gasteiger partial charge is 0.469 e. The van der Waals surface area contributed by atoms with Gasteiger partial charge in [-0.05, 0) is 18.9 Å². The second-order valence-corrected chi connectivity index (χ2v) is 4.56. The highest BCUT2D eigenvalue weighted by atomic mass is 16.5. The van der Waals surface area contributed by atoms with Crippen molar-refractivity contribution in [2.24, 2.45) is 5.92 Å². The molecule has 4 nitrogen and oxygen atoms in total. The summed E-state index contributed by atoms with van der Waals surface area (Å²) in [6, 6.07) is 9.29. The zero-order valence-corrected chi connectivity index (χ0v) is 11.7. The number of methoxy groups -OCH3 is 1. The number of carbonyl (C=O) groups is 2. The van der Waals surface area contributed by atoms with Crippen LogP contribution in [0.4, 0.5) is 0 Å². The van der Waals surface area contributed by atoms with E-state index in [-0.39, 0.29) is 23.8 Å². The standard InChI is InChI=1S/C15H21NO3/c1-4-13(15(18)19-3)11(2)16-14(17)10-12-8-6-5-7-9-12/h5-9,11,13H,4,10H2,1-3H3,(H,16,17)/t11-,13-/m0/s1. The summed E-state index contributed by atoms with van der Waals surface area (Å²) in [6.07, 6.45) is 0.961. The first-order valence-corrected chi connectivity index (χ1v) is 6.49. The van der Waals surface area contributed by atoms with Crippen molar-refractivity contribution < 1.29 is 14.3 Å². The fourth-order valence-electron chi connectivity index (χ4n) is 2.06. The minimum absolute atomic E-state index is 0.0824. The number of carbonyl (C=O) groups excluding carboxylic acids is 2. The summed E-state index contributed by atoms with van der Waals surface area (Å²) in [7, 11) is 1.36. The number of nitrogens with one attached hydrogen (secondary N) is 1. The third-order valence-corrected chi connectivity index (χ3v) is 3.14. The molecule has 104 valence electrons. The van der Waals surface area contributed by atoms with Crippen LogP contribution in [0.2, 0.25) is 0 Å². The van der Waals surface area contributed by atoms with E-state index >= 15 is 0 Å². The summed E-state index contributed by atoms with van der Waals surface area (Å²) in [5.74, 6) is -0.666. The van der Waals surface area contributed by atoms with E-state index in [4.69, 9.17) is 4.74 Å². The summed E-state index contributed by atoms with van der Waals surface area (Å²) < 4.78 is 4.73. The van der Waals surface area contributed by atoms with Crippen molar-refractivity contribution in [1.82, 2.24) is 5.32 Å². The SMILES string of the molecule is CC[C@H](C(=O)OC)[C@H](C)NC(=O)Cc1ccccc1. The Kier molecular flexibility index (Phi) is 6.06. The molecule has 0 aliphatic carbocycles. The molecule has 0 bridgehead atoms. The molecule has 0 saturated carbocycles. The van der Waals surface area contributed by atoms with Gasteiger partial charge in [0, 0.05) is 6.04 Å². The molecule has 1 amide bonds. The molecule has 0 unspecified atom stereocenters. The minimum Gasteiger partial charge on any atom is -0.469 e. The van der Waals surface area contributed by atoms with Crippen LogP contribution < -0.4 is 5.32 Å². The number of benzene rings is 1. The average Bonchev–Trinajstić information content (AvgIpc) is 2.40. The summed E-state index contributed by atoms with van der Waals surface area (Å²) in [5.41, 5.74) is 0.957. The van der Waals surface area contributed by atoms with Crippen LogP contribution in [0.25, 0.3) is 0 Å². The zero-order chi connectivity index (χ0) is 14.3. The second kappa shape index (κ2) is 7.56. The van der Waals surface area contributed by atoms with Crippen LogP contribution in [-0.4, -0.2) is 25.0 Å². The van der Waals surface area contributed by atoms with Crippen LogP contribution in [0.1, 0.15) is 25.8 Å². The molecule has 0 radical (unpaired) electrons. The van der Waals surface area contributed by atoms with Gasteiger partial charge in [0.25, 0.3) is 0 Å². The maximum absolute atomic E-state index is 11.9. The maximum Gasteiger partial charge on any atom is 0.310 e. The van der Waals surface area contributed by atoms with Gasteiger partial charge in [-0.25, -0.2) is 0 Å². The van der Waals surface area contributed by atoms with Gasteiger partial charge in [-0.15, -0.1) is 0 Å². The molecule has 19 heavy (non-hydrogen) atoms. The van der Waals surface area contributed by atoms with Crippen molar-refractivity contribution in [3.05, 3.63) is 35.9 Å². The van der Waals surface area contributed by atoms with Gasteiger partial charge in [-0.3, -0.25) is 9.59 Å². The Bertz CT molecular complexity index is 417. The molecular formula is C15H21NO3. The predicted octanol–water partition coefficient (Wildman–Crippen LogP) is 1.93. The van der Waals surface area contributed by atoms with Crippen LogP contribution in [0.5, 0.6) is 0 Å². The van der Waals surface area contributed by atoms with Crippen LogP contribution in [0, 0.1) is 5.92 Å². The lowest BCUT2D eigenvalue weighted by atomic mass is 9.98. The van der Waals surface area contributed by atoms with Gasteiger partial charge in [-0.2, -0.15) is 0 Å². The lowest BCUT2D eigenvalue weighted by Gasteiger charge is -2.21. The molecule has 1 N–H and O–H groups in total. The fraction of sp³-hybridized carbons (Fsp3) is 0.467. The van der Waals surface area contributed by atoms with E-state index in [9.17, 15) is 9.59 Å². The smallest absolute Gasteiger partial charge is 0.310 e. The lowest BCUT2D eigenvalue weighted by molar-refractivity contribution is -0.146. The molecular weight excluding hydrogens is 242 g/mol. The molecule has 0 aromatic heterocycles. The Morgan fingerprint density at radius 1 is 1.26 bits per heavy atom. The van der Waals surface area contributed by atoms with E-state index in [1.54, 1.807) is 0 Å². The van der Waals surface area contributed by atoms with E-state index in [1.165, 1.54) is 7.11 Å². The predicted molar refractivity (Wildman–Crippen MR) is 73.5 cm³/mol. The number of hydrogen-bond donors (Lipinski definition) is 1. The molecule has 1 aromatic carbocycles. The number of ether oxygens (including phenoxy) is 1. The summed E-state index contributed by atoms with van der Waals surface area (Å²) in [4.78, 5) is 23.4. The van der Waals surface area contributed by atoms with Crippen LogP contribution >= 0.6 is 0 Å². The Hall–Kier alpha value is -1.84. The summed E-state index contributed by atoms with van der Waals surface area (Å²) in [6.45, 7) is 3.73. The van der Waals surface area contributed by atoms with E-state index in [2.05, 4.69) is 5.32 Å². The van der Waals surface area contributed by atoms with E-state index in [1.807, 2.05) is 44.2 Å². The van der Waals surface area contributed by atoms with Gasteiger partial charge in [0.1, 0.15) is 0 Å². The van der Waals surface area contributed by atoms with Crippen molar-refractivity contribution >= 4 is 11.9 Å². The highest BCUT2D eigenvalue weighted by Gasteiger charge is 2.25. The van der Waals surface area contributed by atoms with Crippen molar-refractivity contribution in [2.45, 2.75) is 32.7 Å². The Morgan fingerprint density at radius 2 is 1.89 bits per heavy atom. The Morgan fingerprint density at radius 3 is 2.42 bits per heavy atom. The quantitative estimate of drug-likeness (QED) is 0.798.